The Morgan fingerprint density at radius 3 is 3.17 bits per heavy atom. The second-order valence-electron chi connectivity index (χ2n) is 4.47. The molecule has 98 valence electrons. The van der Waals surface area contributed by atoms with Gasteiger partial charge in [-0.3, -0.25) is 4.79 Å². The summed E-state index contributed by atoms with van der Waals surface area (Å²) in [6, 6.07) is 6.21. The maximum absolute atomic E-state index is 11.3. The van der Waals surface area contributed by atoms with Crippen LogP contribution in [0.2, 0.25) is 0 Å². The first kappa shape index (κ1) is 12.9. The molecule has 0 saturated heterocycles. The molecule has 0 spiro atoms. The molecule has 4 nitrogen and oxygen atoms in total. The number of hydrogen-bond donors (Lipinski definition) is 2. The minimum Gasteiger partial charge on any atom is -0.493 e. The molecule has 0 radical (unpaired) electrons. The number of aliphatic hydroxyl groups is 1. The Bertz CT molecular complexity index is 418. The van der Waals surface area contributed by atoms with E-state index in [0.29, 0.717) is 19.4 Å². The summed E-state index contributed by atoms with van der Waals surface area (Å²) in [5.41, 5.74) is 2.49. The lowest BCUT2D eigenvalue weighted by Crippen LogP contribution is -2.25. The van der Waals surface area contributed by atoms with Crippen molar-refractivity contribution in [2.75, 3.05) is 19.8 Å². The molecule has 0 bridgehead atoms. The molecule has 1 aliphatic rings. The lowest BCUT2D eigenvalue weighted by atomic mass is 10.1. The minimum atomic E-state index is 0.00791. The van der Waals surface area contributed by atoms with Crippen LogP contribution in [0.3, 0.4) is 0 Å². The molecule has 18 heavy (non-hydrogen) atoms. The van der Waals surface area contributed by atoms with Gasteiger partial charge < -0.3 is 15.2 Å². The number of nitrogens with one attached hydrogen (secondary N) is 1. The predicted octanol–water partition coefficient (Wildman–Crippen LogP) is 1.05. The molecule has 1 amide bonds. The standard InChI is InChI=1S/C14H19NO3/c16-8-1-2-14(17)15-7-5-11-3-4-13-12(10-11)6-9-18-13/h3-4,10,16H,1-2,5-9H2,(H,15,17). The Morgan fingerprint density at radius 1 is 1.44 bits per heavy atom. The molecule has 1 aromatic carbocycles. The third-order valence-electron chi connectivity index (χ3n) is 3.05. The van der Waals surface area contributed by atoms with Gasteiger partial charge in [0, 0.05) is 26.0 Å². The van der Waals surface area contributed by atoms with E-state index in [1.54, 1.807) is 0 Å². The molecule has 4 heteroatoms. The van der Waals surface area contributed by atoms with Crippen LogP contribution < -0.4 is 10.1 Å². The van der Waals surface area contributed by atoms with Gasteiger partial charge in [-0.05, 0) is 30.0 Å². The van der Waals surface area contributed by atoms with E-state index in [2.05, 4.69) is 11.4 Å². The molecule has 0 unspecified atom stereocenters. The van der Waals surface area contributed by atoms with E-state index < -0.39 is 0 Å². The predicted molar refractivity (Wildman–Crippen MR) is 68.7 cm³/mol. The molecule has 0 aliphatic carbocycles. The van der Waals surface area contributed by atoms with Crippen molar-refractivity contribution in [3.05, 3.63) is 29.3 Å². The van der Waals surface area contributed by atoms with Gasteiger partial charge in [-0.25, -0.2) is 0 Å². The highest BCUT2D eigenvalue weighted by molar-refractivity contribution is 5.75. The van der Waals surface area contributed by atoms with Crippen LogP contribution in [0.5, 0.6) is 5.75 Å². The number of carbonyl (C=O) groups excluding carboxylic acids is 1. The first-order valence-electron chi connectivity index (χ1n) is 6.42. The summed E-state index contributed by atoms with van der Waals surface area (Å²) in [7, 11) is 0. The zero-order valence-corrected chi connectivity index (χ0v) is 10.4. The van der Waals surface area contributed by atoms with Gasteiger partial charge in [0.15, 0.2) is 0 Å². The fourth-order valence-electron chi connectivity index (χ4n) is 2.07. The SMILES string of the molecule is O=C(CCCO)NCCc1ccc2c(c1)CCO2. The number of fused-ring (bicyclic) bond motifs is 1. The van der Waals surface area contributed by atoms with Gasteiger partial charge >= 0.3 is 0 Å². The summed E-state index contributed by atoms with van der Waals surface area (Å²) in [5.74, 6) is 0.999. The molecule has 1 aliphatic heterocycles. The Hall–Kier alpha value is -1.55. The molecular formula is C14H19NO3. The normalized spacial score (nSPS) is 12.9. The molecule has 2 rings (SSSR count). The van der Waals surface area contributed by atoms with Crippen molar-refractivity contribution < 1.29 is 14.6 Å². The number of carbonyl (C=O) groups is 1. The highest BCUT2D eigenvalue weighted by Gasteiger charge is 2.11. The average Bonchev–Trinajstić information content (AvgIpc) is 2.83. The van der Waals surface area contributed by atoms with Gasteiger partial charge in [0.1, 0.15) is 5.75 Å². The maximum Gasteiger partial charge on any atom is 0.220 e. The zero-order valence-electron chi connectivity index (χ0n) is 10.4. The maximum atomic E-state index is 11.3. The number of hydrogen-bond acceptors (Lipinski definition) is 3. The number of amides is 1. The fourth-order valence-corrected chi connectivity index (χ4v) is 2.07. The summed E-state index contributed by atoms with van der Waals surface area (Å²) in [6.45, 7) is 1.48. The summed E-state index contributed by atoms with van der Waals surface area (Å²) in [4.78, 5) is 11.3. The van der Waals surface area contributed by atoms with Crippen LogP contribution in [-0.4, -0.2) is 30.8 Å². The number of aliphatic hydroxyl groups excluding tert-OH is 1. The van der Waals surface area contributed by atoms with Crippen molar-refractivity contribution in [2.45, 2.75) is 25.7 Å². The van der Waals surface area contributed by atoms with Gasteiger partial charge in [0.2, 0.25) is 5.91 Å². The van der Waals surface area contributed by atoms with E-state index in [1.807, 2.05) is 12.1 Å². The van der Waals surface area contributed by atoms with Crippen LogP contribution in [0.15, 0.2) is 18.2 Å². The summed E-state index contributed by atoms with van der Waals surface area (Å²) in [5, 5.41) is 11.5. The second-order valence-corrected chi connectivity index (χ2v) is 4.47. The third-order valence-corrected chi connectivity index (χ3v) is 3.05. The smallest absolute Gasteiger partial charge is 0.220 e. The van der Waals surface area contributed by atoms with E-state index in [9.17, 15) is 4.79 Å². The first-order chi connectivity index (χ1) is 8.79. The van der Waals surface area contributed by atoms with Crippen LogP contribution in [-0.2, 0) is 17.6 Å². The fraction of sp³-hybridized carbons (Fsp3) is 0.500. The Balaban J connectivity index is 1.75. The van der Waals surface area contributed by atoms with E-state index >= 15 is 0 Å². The first-order valence-corrected chi connectivity index (χ1v) is 6.42. The van der Waals surface area contributed by atoms with E-state index in [0.717, 1.165) is 25.2 Å². The van der Waals surface area contributed by atoms with Crippen molar-refractivity contribution in [3.8, 4) is 5.75 Å². The molecular weight excluding hydrogens is 230 g/mol. The Kier molecular flexibility index (Phi) is 4.59. The average molecular weight is 249 g/mol. The highest BCUT2D eigenvalue weighted by atomic mass is 16.5. The highest BCUT2D eigenvalue weighted by Crippen LogP contribution is 2.25. The Morgan fingerprint density at radius 2 is 2.33 bits per heavy atom. The molecule has 0 aromatic heterocycles. The van der Waals surface area contributed by atoms with Crippen molar-refractivity contribution >= 4 is 5.91 Å². The van der Waals surface area contributed by atoms with Crippen LogP contribution in [0.25, 0.3) is 0 Å². The lowest BCUT2D eigenvalue weighted by molar-refractivity contribution is -0.121. The Labute approximate surface area is 107 Å². The van der Waals surface area contributed by atoms with E-state index in [-0.39, 0.29) is 12.5 Å². The summed E-state index contributed by atoms with van der Waals surface area (Å²) >= 11 is 0. The number of rotatable bonds is 6. The van der Waals surface area contributed by atoms with Crippen LogP contribution in [0, 0.1) is 0 Å². The molecule has 0 atom stereocenters. The van der Waals surface area contributed by atoms with Gasteiger partial charge in [-0.15, -0.1) is 0 Å². The molecule has 0 fully saturated rings. The number of ether oxygens (including phenoxy) is 1. The molecule has 2 N–H and O–H groups in total. The van der Waals surface area contributed by atoms with Crippen molar-refractivity contribution in [1.29, 1.82) is 0 Å². The van der Waals surface area contributed by atoms with Gasteiger partial charge in [0.05, 0.1) is 6.61 Å². The van der Waals surface area contributed by atoms with E-state index in [4.69, 9.17) is 9.84 Å². The summed E-state index contributed by atoms with van der Waals surface area (Å²) < 4.78 is 5.45. The topological polar surface area (TPSA) is 58.6 Å². The van der Waals surface area contributed by atoms with Crippen molar-refractivity contribution in [3.63, 3.8) is 0 Å². The van der Waals surface area contributed by atoms with E-state index in [1.165, 1.54) is 11.1 Å². The molecule has 1 aromatic rings. The molecule has 1 heterocycles. The van der Waals surface area contributed by atoms with Gasteiger partial charge in [0.25, 0.3) is 0 Å². The van der Waals surface area contributed by atoms with Gasteiger partial charge in [-0.1, -0.05) is 12.1 Å². The van der Waals surface area contributed by atoms with Crippen LogP contribution in [0.1, 0.15) is 24.0 Å². The third kappa shape index (κ3) is 3.47. The summed E-state index contributed by atoms with van der Waals surface area (Å²) in [6.07, 6.45) is 2.74. The second kappa shape index (κ2) is 6.40. The van der Waals surface area contributed by atoms with Crippen LogP contribution in [0.4, 0.5) is 0 Å². The minimum absolute atomic E-state index is 0.00791. The zero-order chi connectivity index (χ0) is 12.8. The monoisotopic (exact) mass is 249 g/mol. The number of benzene rings is 1. The lowest BCUT2D eigenvalue weighted by Gasteiger charge is -2.06. The van der Waals surface area contributed by atoms with Crippen molar-refractivity contribution in [1.82, 2.24) is 5.32 Å². The van der Waals surface area contributed by atoms with Gasteiger partial charge in [-0.2, -0.15) is 0 Å². The van der Waals surface area contributed by atoms with Crippen molar-refractivity contribution in [2.24, 2.45) is 0 Å². The van der Waals surface area contributed by atoms with Crippen LogP contribution >= 0.6 is 0 Å². The quantitative estimate of drug-likeness (QED) is 0.792. The largest absolute Gasteiger partial charge is 0.493 e. The molecule has 0 saturated carbocycles.